The molecule has 3 aromatic rings. The third-order valence-corrected chi connectivity index (χ3v) is 5.72. The van der Waals surface area contributed by atoms with Crippen molar-refractivity contribution in [2.75, 3.05) is 32.7 Å². The van der Waals surface area contributed by atoms with Gasteiger partial charge in [-0.2, -0.15) is 10.1 Å². The number of carbonyl (C=O) groups is 1. The quantitative estimate of drug-likeness (QED) is 0.618. The van der Waals surface area contributed by atoms with Crippen molar-refractivity contribution in [3.8, 4) is 11.3 Å². The van der Waals surface area contributed by atoms with E-state index in [0.29, 0.717) is 18.8 Å². The summed E-state index contributed by atoms with van der Waals surface area (Å²) in [6.45, 7) is 10.1. The van der Waals surface area contributed by atoms with Gasteiger partial charge in [-0.15, -0.1) is 0 Å². The lowest BCUT2D eigenvalue weighted by molar-refractivity contribution is 0.0595. The molecule has 0 saturated carbocycles. The fourth-order valence-electron chi connectivity index (χ4n) is 3.56. The summed E-state index contributed by atoms with van der Waals surface area (Å²) in [5, 5.41) is 8.34. The Morgan fingerprint density at radius 2 is 1.84 bits per heavy atom. The van der Waals surface area contributed by atoms with Crippen LogP contribution in [0.2, 0.25) is 0 Å². The number of aryl methyl sites for hydroxylation is 2. The van der Waals surface area contributed by atoms with Gasteiger partial charge in [0.25, 0.3) is 5.56 Å². The number of piperazine rings is 1. The van der Waals surface area contributed by atoms with E-state index in [0.717, 1.165) is 30.8 Å². The van der Waals surface area contributed by atoms with Crippen LogP contribution in [-0.2, 0) is 6.54 Å². The molecule has 3 heterocycles. The van der Waals surface area contributed by atoms with Crippen molar-refractivity contribution in [3.05, 3.63) is 63.5 Å². The van der Waals surface area contributed by atoms with E-state index < -0.39 is 0 Å². The molecule has 0 bridgehead atoms. The van der Waals surface area contributed by atoms with Gasteiger partial charge in [-0.25, -0.2) is 4.68 Å². The number of rotatable bonds is 5. The number of hydrogen-bond donors (Lipinski definition) is 0. The van der Waals surface area contributed by atoms with Crippen molar-refractivity contribution in [2.45, 2.75) is 27.3 Å². The highest BCUT2D eigenvalue weighted by Gasteiger charge is 2.26. The summed E-state index contributed by atoms with van der Waals surface area (Å²) in [6, 6.07) is 9.21. The first-order chi connectivity index (χ1) is 14.9. The highest BCUT2D eigenvalue weighted by molar-refractivity contribution is 5.89. The number of likely N-dealkylation sites (N-methyl/N-ethyl adjacent to an activating group) is 1. The van der Waals surface area contributed by atoms with E-state index in [1.165, 1.54) is 16.3 Å². The first-order valence-electron chi connectivity index (χ1n) is 10.4. The van der Waals surface area contributed by atoms with Crippen molar-refractivity contribution < 1.29 is 9.32 Å². The Bertz CT molecular complexity index is 1140. The highest BCUT2D eigenvalue weighted by Crippen LogP contribution is 2.19. The standard InChI is InChI=1S/C22H26N6O3/c1-4-26-9-11-27(12-10-26)22(30)21-23-19(25-31-21)14-28-20(29)8-7-18(24-28)17-6-5-15(2)16(3)13-17/h5-8,13H,4,9-12,14H2,1-3H3. The molecule has 31 heavy (non-hydrogen) atoms. The molecular weight excluding hydrogens is 396 g/mol. The Morgan fingerprint density at radius 3 is 2.55 bits per heavy atom. The largest absolute Gasteiger partial charge is 0.332 e. The average Bonchev–Trinajstić information content (AvgIpc) is 3.25. The minimum atomic E-state index is -0.279. The van der Waals surface area contributed by atoms with Gasteiger partial charge in [-0.1, -0.05) is 24.2 Å². The molecule has 0 atom stereocenters. The van der Waals surface area contributed by atoms with E-state index in [1.807, 2.05) is 32.0 Å². The lowest BCUT2D eigenvalue weighted by Gasteiger charge is -2.33. The average molecular weight is 422 g/mol. The lowest BCUT2D eigenvalue weighted by Crippen LogP contribution is -2.48. The van der Waals surface area contributed by atoms with Crippen molar-refractivity contribution in [1.82, 2.24) is 29.7 Å². The Hall–Kier alpha value is -3.33. The molecule has 9 heteroatoms. The maximum absolute atomic E-state index is 12.7. The van der Waals surface area contributed by atoms with Gasteiger partial charge in [0.1, 0.15) is 6.54 Å². The Kier molecular flexibility index (Phi) is 5.94. The molecule has 2 aromatic heterocycles. The molecule has 1 saturated heterocycles. The predicted octanol–water partition coefficient (Wildman–Crippen LogP) is 1.74. The molecule has 0 aliphatic carbocycles. The summed E-state index contributed by atoms with van der Waals surface area (Å²) >= 11 is 0. The van der Waals surface area contributed by atoms with Crippen LogP contribution in [-0.4, -0.2) is 68.4 Å². The SMILES string of the molecule is CCN1CCN(C(=O)c2nc(Cn3nc(-c4ccc(C)c(C)c4)ccc3=O)no2)CC1. The lowest BCUT2D eigenvalue weighted by atomic mass is 10.0. The minimum Gasteiger partial charge on any atom is -0.332 e. The molecule has 1 fully saturated rings. The van der Waals surface area contributed by atoms with Gasteiger partial charge in [0, 0.05) is 37.8 Å². The Morgan fingerprint density at radius 1 is 1.06 bits per heavy atom. The van der Waals surface area contributed by atoms with Crippen LogP contribution in [0.15, 0.2) is 39.6 Å². The van der Waals surface area contributed by atoms with Crippen LogP contribution in [0, 0.1) is 13.8 Å². The third kappa shape index (κ3) is 4.56. The zero-order valence-corrected chi connectivity index (χ0v) is 18.0. The fraction of sp³-hybridized carbons (Fsp3) is 0.409. The summed E-state index contributed by atoms with van der Waals surface area (Å²) < 4.78 is 6.46. The maximum atomic E-state index is 12.7. The molecule has 9 nitrogen and oxygen atoms in total. The normalized spacial score (nSPS) is 14.7. The number of hydrogen-bond acceptors (Lipinski definition) is 7. The summed E-state index contributed by atoms with van der Waals surface area (Å²) in [5.41, 5.74) is 3.67. The molecule has 0 unspecified atom stereocenters. The molecule has 162 valence electrons. The molecule has 0 N–H and O–H groups in total. The van der Waals surface area contributed by atoms with Crippen molar-refractivity contribution in [1.29, 1.82) is 0 Å². The number of benzene rings is 1. The smallest absolute Gasteiger partial charge is 0.316 e. The summed E-state index contributed by atoms with van der Waals surface area (Å²) in [5.74, 6) is -0.0978. The summed E-state index contributed by atoms with van der Waals surface area (Å²) in [6.07, 6.45) is 0. The second-order valence-electron chi connectivity index (χ2n) is 7.76. The van der Waals surface area contributed by atoms with Crippen LogP contribution in [0.3, 0.4) is 0 Å². The Balaban J connectivity index is 1.50. The van der Waals surface area contributed by atoms with Crippen LogP contribution < -0.4 is 5.56 Å². The second-order valence-corrected chi connectivity index (χ2v) is 7.76. The maximum Gasteiger partial charge on any atom is 0.316 e. The molecule has 1 aliphatic heterocycles. The first-order valence-corrected chi connectivity index (χ1v) is 10.4. The van der Waals surface area contributed by atoms with Crippen molar-refractivity contribution in [2.24, 2.45) is 0 Å². The third-order valence-electron chi connectivity index (χ3n) is 5.72. The van der Waals surface area contributed by atoms with Crippen LogP contribution >= 0.6 is 0 Å². The first kappa shape index (κ1) is 20.9. The number of amides is 1. The van der Waals surface area contributed by atoms with Gasteiger partial charge >= 0.3 is 11.8 Å². The monoisotopic (exact) mass is 422 g/mol. The molecule has 0 spiro atoms. The molecule has 0 radical (unpaired) electrons. The molecule has 1 amide bonds. The van der Waals surface area contributed by atoms with E-state index in [2.05, 4.69) is 27.1 Å². The van der Waals surface area contributed by atoms with E-state index in [4.69, 9.17) is 4.52 Å². The summed E-state index contributed by atoms with van der Waals surface area (Å²) in [4.78, 5) is 33.2. The molecule has 1 aliphatic rings. The summed E-state index contributed by atoms with van der Waals surface area (Å²) in [7, 11) is 0. The van der Waals surface area contributed by atoms with Gasteiger partial charge in [-0.05, 0) is 43.7 Å². The highest BCUT2D eigenvalue weighted by atomic mass is 16.5. The fourth-order valence-corrected chi connectivity index (χ4v) is 3.56. The van der Waals surface area contributed by atoms with Crippen LogP contribution in [0.1, 0.15) is 34.6 Å². The zero-order valence-electron chi connectivity index (χ0n) is 18.0. The number of nitrogens with zero attached hydrogens (tertiary/aromatic N) is 6. The molecular formula is C22H26N6O3. The number of aromatic nitrogens is 4. The molecule has 4 rings (SSSR count). The zero-order chi connectivity index (χ0) is 22.0. The second kappa shape index (κ2) is 8.81. The predicted molar refractivity (Wildman–Crippen MR) is 115 cm³/mol. The van der Waals surface area contributed by atoms with E-state index >= 15 is 0 Å². The van der Waals surface area contributed by atoms with Gasteiger partial charge in [-0.3, -0.25) is 9.59 Å². The number of carbonyl (C=O) groups excluding carboxylic acids is 1. The van der Waals surface area contributed by atoms with Crippen LogP contribution in [0.5, 0.6) is 0 Å². The van der Waals surface area contributed by atoms with Gasteiger partial charge in [0.05, 0.1) is 5.69 Å². The van der Waals surface area contributed by atoms with Crippen LogP contribution in [0.25, 0.3) is 11.3 Å². The van der Waals surface area contributed by atoms with Crippen molar-refractivity contribution >= 4 is 5.91 Å². The molecule has 1 aromatic carbocycles. The van der Waals surface area contributed by atoms with E-state index in [9.17, 15) is 9.59 Å². The van der Waals surface area contributed by atoms with Crippen LogP contribution in [0.4, 0.5) is 0 Å². The van der Waals surface area contributed by atoms with Crippen molar-refractivity contribution in [3.63, 3.8) is 0 Å². The Labute approximate surface area is 180 Å². The topological polar surface area (TPSA) is 97.4 Å². The van der Waals surface area contributed by atoms with E-state index in [-0.39, 0.29) is 29.7 Å². The van der Waals surface area contributed by atoms with Gasteiger partial charge < -0.3 is 14.3 Å². The minimum absolute atomic E-state index is 0.0257. The van der Waals surface area contributed by atoms with Gasteiger partial charge in [0.2, 0.25) is 0 Å². The van der Waals surface area contributed by atoms with E-state index in [1.54, 1.807) is 11.0 Å². The van der Waals surface area contributed by atoms with Gasteiger partial charge in [0.15, 0.2) is 5.82 Å².